The standard InChI is InChI=1S/C17H16N2O3S/c1-11-14(7-12-5-3-2-4-6-12)19-17(18-11)23-10-13-8-15(20)16(21)9-22-13/h2-6,8-9,21H,7,10H2,1H3,(H,18,19). The van der Waals surface area contributed by atoms with Crippen LogP contribution >= 0.6 is 11.8 Å². The van der Waals surface area contributed by atoms with Gasteiger partial charge in [-0.15, -0.1) is 0 Å². The minimum atomic E-state index is -0.438. The van der Waals surface area contributed by atoms with Crippen LogP contribution in [0.5, 0.6) is 5.75 Å². The van der Waals surface area contributed by atoms with Gasteiger partial charge in [-0.1, -0.05) is 42.1 Å². The Kier molecular flexibility index (Phi) is 4.52. The molecule has 118 valence electrons. The summed E-state index contributed by atoms with van der Waals surface area (Å²) < 4.78 is 5.18. The molecule has 1 aromatic carbocycles. The first kappa shape index (κ1) is 15.4. The zero-order valence-corrected chi connectivity index (χ0v) is 13.4. The summed E-state index contributed by atoms with van der Waals surface area (Å²) in [4.78, 5) is 19.2. The van der Waals surface area contributed by atoms with Gasteiger partial charge in [0.25, 0.3) is 0 Å². The second-order valence-corrected chi connectivity index (χ2v) is 6.12. The van der Waals surface area contributed by atoms with Crippen molar-refractivity contribution in [3.8, 4) is 5.75 Å². The molecule has 6 heteroatoms. The zero-order valence-electron chi connectivity index (χ0n) is 12.6. The Balaban J connectivity index is 1.68. The van der Waals surface area contributed by atoms with Gasteiger partial charge in [0, 0.05) is 18.2 Å². The normalized spacial score (nSPS) is 10.8. The van der Waals surface area contributed by atoms with E-state index in [4.69, 9.17) is 4.42 Å². The first-order valence-corrected chi connectivity index (χ1v) is 8.13. The van der Waals surface area contributed by atoms with Gasteiger partial charge in [0.15, 0.2) is 10.9 Å². The van der Waals surface area contributed by atoms with Crippen LogP contribution in [-0.4, -0.2) is 15.1 Å². The number of aromatic nitrogens is 2. The summed E-state index contributed by atoms with van der Waals surface area (Å²) in [6, 6.07) is 11.5. The molecule has 2 N–H and O–H groups in total. The minimum Gasteiger partial charge on any atom is -0.502 e. The smallest absolute Gasteiger partial charge is 0.226 e. The van der Waals surface area contributed by atoms with Crippen LogP contribution in [-0.2, 0) is 12.2 Å². The summed E-state index contributed by atoms with van der Waals surface area (Å²) in [6.45, 7) is 2.00. The van der Waals surface area contributed by atoms with E-state index in [9.17, 15) is 9.90 Å². The molecule has 0 saturated carbocycles. The SMILES string of the molecule is Cc1[nH]c(SCc2cc(=O)c(O)co2)nc1Cc1ccccc1. The molecule has 0 aliphatic heterocycles. The van der Waals surface area contributed by atoms with Crippen LogP contribution in [0, 0.1) is 6.92 Å². The molecule has 0 bridgehead atoms. The highest BCUT2D eigenvalue weighted by Gasteiger charge is 2.09. The molecule has 0 amide bonds. The topological polar surface area (TPSA) is 79.1 Å². The number of hydrogen-bond acceptors (Lipinski definition) is 5. The molecule has 0 unspecified atom stereocenters. The molecule has 3 aromatic rings. The average molecular weight is 328 g/mol. The van der Waals surface area contributed by atoms with E-state index in [1.54, 1.807) is 0 Å². The monoisotopic (exact) mass is 328 g/mol. The van der Waals surface area contributed by atoms with Gasteiger partial charge in [-0.25, -0.2) is 4.98 Å². The van der Waals surface area contributed by atoms with Gasteiger partial charge in [-0.3, -0.25) is 4.79 Å². The van der Waals surface area contributed by atoms with Gasteiger partial charge in [-0.2, -0.15) is 0 Å². The first-order chi connectivity index (χ1) is 11.1. The van der Waals surface area contributed by atoms with E-state index in [-0.39, 0.29) is 5.75 Å². The number of aromatic hydroxyl groups is 1. The molecule has 0 aliphatic rings. The van der Waals surface area contributed by atoms with E-state index in [1.165, 1.54) is 23.4 Å². The number of benzene rings is 1. The highest BCUT2D eigenvalue weighted by atomic mass is 32.2. The van der Waals surface area contributed by atoms with Crippen LogP contribution in [0.25, 0.3) is 0 Å². The van der Waals surface area contributed by atoms with Gasteiger partial charge >= 0.3 is 0 Å². The summed E-state index contributed by atoms with van der Waals surface area (Å²) in [5, 5.41) is 9.96. The van der Waals surface area contributed by atoms with Crippen molar-refractivity contribution in [1.29, 1.82) is 0 Å². The largest absolute Gasteiger partial charge is 0.502 e. The third-order valence-electron chi connectivity index (χ3n) is 3.40. The van der Waals surface area contributed by atoms with Crippen LogP contribution in [0.1, 0.15) is 22.7 Å². The summed E-state index contributed by atoms with van der Waals surface area (Å²) >= 11 is 1.45. The van der Waals surface area contributed by atoms with Crippen LogP contribution in [0.4, 0.5) is 0 Å². The van der Waals surface area contributed by atoms with Crippen molar-refractivity contribution in [3.05, 3.63) is 75.6 Å². The molecule has 5 nitrogen and oxygen atoms in total. The highest BCUT2D eigenvalue weighted by Crippen LogP contribution is 2.22. The minimum absolute atomic E-state index is 0.377. The Labute approximate surface area is 137 Å². The fourth-order valence-corrected chi connectivity index (χ4v) is 2.99. The number of thioether (sulfide) groups is 1. The molecule has 2 heterocycles. The maximum atomic E-state index is 11.4. The van der Waals surface area contributed by atoms with Crippen LogP contribution < -0.4 is 5.43 Å². The second kappa shape index (κ2) is 6.75. The van der Waals surface area contributed by atoms with Crippen molar-refractivity contribution in [2.75, 3.05) is 0 Å². The molecule has 2 aromatic heterocycles. The number of nitrogens with one attached hydrogen (secondary N) is 1. The summed E-state index contributed by atoms with van der Waals surface area (Å²) in [7, 11) is 0. The number of rotatable bonds is 5. The highest BCUT2D eigenvalue weighted by molar-refractivity contribution is 7.98. The van der Waals surface area contributed by atoms with Crippen molar-refractivity contribution in [1.82, 2.24) is 9.97 Å². The molecular formula is C17H16N2O3S. The molecular weight excluding hydrogens is 312 g/mol. The van der Waals surface area contributed by atoms with E-state index in [2.05, 4.69) is 22.1 Å². The van der Waals surface area contributed by atoms with E-state index in [0.29, 0.717) is 11.5 Å². The maximum Gasteiger partial charge on any atom is 0.226 e. The number of aryl methyl sites for hydroxylation is 1. The van der Waals surface area contributed by atoms with Crippen molar-refractivity contribution in [3.63, 3.8) is 0 Å². The van der Waals surface area contributed by atoms with Crippen molar-refractivity contribution in [2.24, 2.45) is 0 Å². The Morgan fingerprint density at radius 1 is 1.30 bits per heavy atom. The fraction of sp³-hybridized carbons (Fsp3) is 0.176. The summed E-state index contributed by atoms with van der Waals surface area (Å²) in [5.41, 5.74) is 2.81. The summed E-state index contributed by atoms with van der Waals surface area (Å²) in [5.74, 6) is 0.585. The second-order valence-electron chi connectivity index (χ2n) is 5.16. The third-order valence-corrected chi connectivity index (χ3v) is 4.29. The molecule has 0 saturated heterocycles. The van der Waals surface area contributed by atoms with Crippen molar-refractivity contribution in [2.45, 2.75) is 24.3 Å². The Hall–Kier alpha value is -2.47. The van der Waals surface area contributed by atoms with E-state index in [1.807, 2.05) is 25.1 Å². The van der Waals surface area contributed by atoms with E-state index < -0.39 is 5.43 Å². The van der Waals surface area contributed by atoms with Crippen LogP contribution in [0.2, 0.25) is 0 Å². The van der Waals surface area contributed by atoms with E-state index >= 15 is 0 Å². The Morgan fingerprint density at radius 2 is 2.09 bits per heavy atom. The predicted octanol–water partition coefficient (Wildman–Crippen LogP) is 3.26. The van der Waals surface area contributed by atoms with Crippen molar-refractivity contribution >= 4 is 11.8 Å². The average Bonchev–Trinajstić information content (AvgIpc) is 2.89. The molecule has 23 heavy (non-hydrogen) atoms. The number of nitrogens with zero attached hydrogens (tertiary/aromatic N) is 1. The molecule has 0 atom stereocenters. The van der Waals surface area contributed by atoms with Crippen molar-refractivity contribution < 1.29 is 9.52 Å². The lowest BCUT2D eigenvalue weighted by Crippen LogP contribution is -1.99. The van der Waals surface area contributed by atoms with Crippen LogP contribution in [0.15, 0.2) is 57.0 Å². The molecule has 0 spiro atoms. The fourth-order valence-electron chi connectivity index (χ4n) is 2.16. The van der Waals surface area contributed by atoms with Crippen LogP contribution in [0.3, 0.4) is 0 Å². The van der Waals surface area contributed by atoms with Gasteiger partial charge in [0.2, 0.25) is 5.43 Å². The number of hydrogen-bond donors (Lipinski definition) is 2. The number of imidazole rings is 1. The van der Waals surface area contributed by atoms with Gasteiger partial charge in [-0.05, 0) is 12.5 Å². The van der Waals surface area contributed by atoms with Gasteiger partial charge in [0.1, 0.15) is 12.0 Å². The van der Waals surface area contributed by atoms with Gasteiger partial charge in [0.05, 0.1) is 11.4 Å². The number of H-pyrrole nitrogens is 1. The molecule has 3 rings (SSSR count). The zero-order chi connectivity index (χ0) is 16.2. The quantitative estimate of drug-likeness (QED) is 0.703. The first-order valence-electron chi connectivity index (χ1n) is 7.14. The number of aromatic amines is 1. The lowest BCUT2D eigenvalue weighted by Gasteiger charge is -1.99. The van der Waals surface area contributed by atoms with E-state index in [0.717, 1.165) is 29.2 Å². The lowest BCUT2D eigenvalue weighted by atomic mass is 10.1. The third kappa shape index (κ3) is 3.84. The summed E-state index contributed by atoms with van der Waals surface area (Å²) in [6.07, 6.45) is 1.84. The molecule has 0 fully saturated rings. The Morgan fingerprint density at radius 3 is 2.83 bits per heavy atom. The predicted molar refractivity (Wildman–Crippen MR) is 88.8 cm³/mol. The molecule has 0 aliphatic carbocycles. The lowest BCUT2D eigenvalue weighted by molar-refractivity contribution is 0.419. The maximum absolute atomic E-state index is 11.4. The van der Waals surface area contributed by atoms with Gasteiger partial charge < -0.3 is 14.5 Å². The Bertz CT molecular complexity index is 856. The molecule has 0 radical (unpaired) electrons.